The molecule has 9 aromatic carbocycles. The maximum Gasteiger partial charge on any atom is 0.159 e. The van der Waals surface area contributed by atoms with Gasteiger partial charge in [0.05, 0.1) is 5.69 Å². The van der Waals surface area contributed by atoms with Crippen molar-refractivity contribution in [2.24, 2.45) is 0 Å². The molecule has 3 aromatic heterocycles. The molecule has 3 heterocycles. The van der Waals surface area contributed by atoms with Crippen molar-refractivity contribution in [2.75, 3.05) is 4.90 Å². The van der Waals surface area contributed by atoms with Gasteiger partial charge in [-0.2, -0.15) is 0 Å². The van der Waals surface area contributed by atoms with E-state index in [-0.39, 0.29) is 5.41 Å². The van der Waals surface area contributed by atoms with Gasteiger partial charge < -0.3 is 18.2 Å². The number of hydrogen-bond acceptors (Lipinski definition) is 4. The van der Waals surface area contributed by atoms with E-state index in [9.17, 15) is 0 Å². The van der Waals surface area contributed by atoms with E-state index < -0.39 is 0 Å². The third-order valence-corrected chi connectivity index (χ3v) is 13.1. The summed E-state index contributed by atoms with van der Waals surface area (Å²) in [5.74, 6) is 0. The van der Waals surface area contributed by atoms with Crippen LogP contribution in [0.2, 0.25) is 0 Å². The fraction of sp³-hybridized carbons (Fsp3) is 0.0526. The molecule has 0 unspecified atom stereocenters. The third kappa shape index (κ3) is 5.06. The SMILES string of the molecule is CC1(C)c2ccccc2-c2ccc(N(c3ccc(-c4ccc5oc6ccccc6c5c4)cc3)c3cccc4c3oc3cc5c(cc34)oc3ccc(-c4ccccc4)cc35)cc21. The van der Waals surface area contributed by atoms with Gasteiger partial charge >= 0.3 is 0 Å². The van der Waals surface area contributed by atoms with Crippen LogP contribution >= 0.6 is 0 Å². The molecule has 1 aliphatic rings. The first kappa shape index (κ1) is 34.1. The highest BCUT2D eigenvalue weighted by atomic mass is 16.3. The minimum atomic E-state index is -0.157. The molecule has 61 heavy (non-hydrogen) atoms. The normalized spacial score (nSPS) is 13.2. The molecule has 0 amide bonds. The second-order valence-electron chi connectivity index (χ2n) is 16.9. The predicted molar refractivity (Wildman–Crippen MR) is 251 cm³/mol. The first-order valence-electron chi connectivity index (χ1n) is 20.9. The van der Waals surface area contributed by atoms with Crippen molar-refractivity contribution < 1.29 is 13.3 Å². The lowest BCUT2D eigenvalue weighted by molar-refractivity contribution is 0.660. The summed E-state index contributed by atoms with van der Waals surface area (Å²) in [4.78, 5) is 2.35. The quantitative estimate of drug-likeness (QED) is 0.174. The van der Waals surface area contributed by atoms with Gasteiger partial charge in [0.1, 0.15) is 27.9 Å². The van der Waals surface area contributed by atoms with Gasteiger partial charge in [-0.25, -0.2) is 0 Å². The van der Waals surface area contributed by atoms with Gasteiger partial charge in [0.2, 0.25) is 0 Å². The Labute approximate surface area is 351 Å². The Morgan fingerprint density at radius 1 is 0.344 bits per heavy atom. The van der Waals surface area contributed by atoms with Gasteiger partial charge in [-0.15, -0.1) is 0 Å². The Morgan fingerprint density at radius 2 is 0.902 bits per heavy atom. The van der Waals surface area contributed by atoms with Crippen molar-refractivity contribution in [1.82, 2.24) is 0 Å². The smallest absolute Gasteiger partial charge is 0.159 e. The number of anilines is 3. The van der Waals surface area contributed by atoms with E-state index in [1.165, 1.54) is 27.8 Å². The van der Waals surface area contributed by atoms with Crippen LogP contribution in [0.1, 0.15) is 25.0 Å². The zero-order valence-electron chi connectivity index (χ0n) is 33.6. The third-order valence-electron chi connectivity index (χ3n) is 13.1. The summed E-state index contributed by atoms with van der Waals surface area (Å²) < 4.78 is 19.7. The van der Waals surface area contributed by atoms with Crippen molar-refractivity contribution in [3.63, 3.8) is 0 Å². The van der Waals surface area contributed by atoms with E-state index in [2.05, 4.69) is 189 Å². The molecule has 0 N–H and O–H groups in total. The molecule has 0 aliphatic heterocycles. The maximum absolute atomic E-state index is 7.00. The number of fused-ring (bicyclic) bond motifs is 12. The van der Waals surface area contributed by atoms with Crippen molar-refractivity contribution >= 4 is 82.9 Å². The molecular weight excluding hydrogens is 747 g/mol. The first-order valence-corrected chi connectivity index (χ1v) is 20.9. The van der Waals surface area contributed by atoms with Crippen molar-refractivity contribution in [3.8, 4) is 33.4 Å². The van der Waals surface area contributed by atoms with Crippen LogP contribution in [0.15, 0.2) is 201 Å². The average molecular weight is 784 g/mol. The van der Waals surface area contributed by atoms with E-state index in [0.29, 0.717) is 0 Å². The van der Waals surface area contributed by atoms with Crippen molar-refractivity contribution in [1.29, 1.82) is 0 Å². The lowest BCUT2D eigenvalue weighted by atomic mass is 9.82. The van der Waals surface area contributed by atoms with Gasteiger partial charge in [-0.3, -0.25) is 0 Å². The lowest BCUT2D eigenvalue weighted by Crippen LogP contribution is -2.16. The minimum absolute atomic E-state index is 0.157. The van der Waals surface area contributed by atoms with Gasteiger partial charge in [0, 0.05) is 49.1 Å². The highest BCUT2D eigenvalue weighted by Gasteiger charge is 2.36. The fourth-order valence-electron chi connectivity index (χ4n) is 10.0. The molecule has 1 aliphatic carbocycles. The van der Waals surface area contributed by atoms with E-state index in [0.717, 1.165) is 99.6 Å². The molecule has 0 radical (unpaired) electrons. The van der Waals surface area contributed by atoms with Crippen LogP contribution in [0, 0.1) is 0 Å². The molecular formula is C57H37NO3. The van der Waals surface area contributed by atoms with Gasteiger partial charge in [-0.1, -0.05) is 129 Å². The number of hydrogen-bond donors (Lipinski definition) is 0. The van der Waals surface area contributed by atoms with Crippen LogP contribution < -0.4 is 4.90 Å². The Bertz CT molecular complexity index is 3730. The molecule has 0 fully saturated rings. The molecule has 0 atom stereocenters. The molecule has 4 heteroatoms. The second-order valence-corrected chi connectivity index (χ2v) is 16.9. The van der Waals surface area contributed by atoms with Crippen LogP contribution in [-0.2, 0) is 5.41 Å². The monoisotopic (exact) mass is 783 g/mol. The zero-order chi connectivity index (χ0) is 40.4. The van der Waals surface area contributed by atoms with E-state index >= 15 is 0 Å². The fourth-order valence-corrected chi connectivity index (χ4v) is 10.0. The molecule has 288 valence electrons. The van der Waals surface area contributed by atoms with Crippen LogP contribution in [0.3, 0.4) is 0 Å². The van der Waals surface area contributed by atoms with Crippen LogP contribution in [0.25, 0.3) is 99.2 Å². The Morgan fingerprint density at radius 3 is 1.70 bits per heavy atom. The highest BCUT2D eigenvalue weighted by Crippen LogP contribution is 2.52. The number of para-hydroxylation sites is 2. The Balaban J connectivity index is 0.980. The first-order chi connectivity index (χ1) is 30.0. The standard InChI is InChI=1S/C57H37NO3/c1-57(2)48-16-8-6-13-40(48)41-26-25-39(31-49(41)57)58(38-23-19-35(20-24-38)37-22-27-52-44(29-37)42-14-7-9-18-51(42)59-52)50-17-10-15-43-46-32-54-47(33-55(46)61-56(43)50)45-30-36(21-28-53(45)60-54)34-11-4-3-5-12-34/h3-33H,1-2H3. The highest BCUT2D eigenvalue weighted by molar-refractivity contribution is 6.17. The Hall–Kier alpha value is -7.82. The lowest BCUT2D eigenvalue weighted by Gasteiger charge is -2.28. The molecule has 4 nitrogen and oxygen atoms in total. The number of nitrogens with zero attached hydrogens (tertiary/aromatic N) is 1. The van der Waals surface area contributed by atoms with E-state index in [4.69, 9.17) is 13.3 Å². The second kappa shape index (κ2) is 12.6. The van der Waals surface area contributed by atoms with Crippen molar-refractivity contribution in [3.05, 3.63) is 199 Å². The summed E-state index contributed by atoms with van der Waals surface area (Å²) in [6.45, 7) is 4.67. The maximum atomic E-state index is 7.00. The topological polar surface area (TPSA) is 42.7 Å². The van der Waals surface area contributed by atoms with Crippen LogP contribution in [-0.4, -0.2) is 0 Å². The summed E-state index contributed by atoms with van der Waals surface area (Å²) in [5.41, 5.74) is 17.9. The number of rotatable bonds is 5. The van der Waals surface area contributed by atoms with Gasteiger partial charge in [0.15, 0.2) is 5.58 Å². The Kier molecular flexibility index (Phi) is 7.04. The summed E-state index contributed by atoms with van der Waals surface area (Å²) in [6.07, 6.45) is 0. The number of benzene rings is 9. The summed E-state index contributed by atoms with van der Waals surface area (Å²) >= 11 is 0. The van der Waals surface area contributed by atoms with Crippen LogP contribution in [0.4, 0.5) is 17.1 Å². The molecule has 0 spiro atoms. The summed E-state index contributed by atoms with van der Waals surface area (Å²) in [5, 5.41) is 6.41. The number of furan rings is 3. The summed E-state index contributed by atoms with van der Waals surface area (Å²) in [6, 6.07) is 67.1. The van der Waals surface area contributed by atoms with Gasteiger partial charge in [0.25, 0.3) is 0 Å². The molecule has 0 saturated heterocycles. The minimum Gasteiger partial charge on any atom is -0.456 e. The average Bonchev–Trinajstić information content (AvgIpc) is 4.04. The van der Waals surface area contributed by atoms with Crippen LogP contribution in [0.5, 0.6) is 0 Å². The molecule has 12 aromatic rings. The van der Waals surface area contributed by atoms with Crippen molar-refractivity contribution in [2.45, 2.75) is 19.3 Å². The van der Waals surface area contributed by atoms with E-state index in [1.807, 2.05) is 18.2 Å². The largest absolute Gasteiger partial charge is 0.456 e. The zero-order valence-corrected chi connectivity index (χ0v) is 33.6. The molecule has 13 rings (SSSR count). The molecule has 0 saturated carbocycles. The summed E-state index contributed by atoms with van der Waals surface area (Å²) in [7, 11) is 0. The predicted octanol–water partition coefficient (Wildman–Crippen LogP) is 16.5. The van der Waals surface area contributed by atoms with E-state index in [1.54, 1.807) is 0 Å². The van der Waals surface area contributed by atoms with Gasteiger partial charge in [-0.05, 0) is 117 Å². The molecule has 0 bridgehead atoms.